The second kappa shape index (κ2) is 9.75. The largest absolute Gasteiger partial charge is 0.496 e. The molecule has 8 nitrogen and oxygen atoms in total. The minimum atomic E-state index is -1.12. The lowest BCUT2D eigenvalue weighted by Crippen LogP contribution is -2.32. The Morgan fingerprint density at radius 3 is 2.43 bits per heavy atom. The van der Waals surface area contributed by atoms with E-state index in [-0.39, 0.29) is 17.1 Å². The van der Waals surface area contributed by atoms with Gasteiger partial charge >= 0.3 is 5.97 Å². The lowest BCUT2D eigenvalue weighted by Gasteiger charge is -2.16. The van der Waals surface area contributed by atoms with E-state index in [0.29, 0.717) is 0 Å². The third-order valence-corrected chi connectivity index (χ3v) is 4.80. The number of methoxy groups -OCH3 is 1. The molecule has 2 atom stereocenters. The molecule has 2 aromatic carbocycles. The Balaban J connectivity index is 1.99. The van der Waals surface area contributed by atoms with E-state index < -0.39 is 28.2 Å². The average Bonchev–Trinajstić information content (AvgIpc) is 2.68. The van der Waals surface area contributed by atoms with E-state index in [9.17, 15) is 19.7 Å². The van der Waals surface area contributed by atoms with Gasteiger partial charge in [0.15, 0.2) is 6.10 Å². The maximum absolute atomic E-state index is 12.3. The van der Waals surface area contributed by atoms with Crippen LogP contribution in [0.25, 0.3) is 0 Å². The van der Waals surface area contributed by atoms with E-state index in [2.05, 4.69) is 5.32 Å². The summed E-state index contributed by atoms with van der Waals surface area (Å²) in [6, 6.07) is 13.4. The van der Waals surface area contributed by atoms with Crippen LogP contribution in [0.1, 0.15) is 13.8 Å². The lowest BCUT2D eigenvalue weighted by molar-refractivity contribution is -0.384. The maximum Gasteiger partial charge on any atom is 0.319 e. The van der Waals surface area contributed by atoms with Gasteiger partial charge in [0.1, 0.15) is 16.7 Å². The van der Waals surface area contributed by atoms with Crippen molar-refractivity contribution in [2.45, 2.75) is 30.1 Å². The molecule has 0 saturated carbocycles. The number of thioether (sulfide) groups is 1. The molecule has 1 N–H and O–H groups in total. The molecule has 0 unspecified atom stereocenters. The Morgan fingerprint density at radius 1 is 1.14 bits per heavy atom. The summed E-state index contributed by atoms with van der Waals surface area (Å²) in [4.78, 5) is 36.0. The van der Waals surface area contributed by atoms with Crippen molar-refractivity contribution >= 4 is 35.0 Å². The number of carbonyl (C=O) groups is 2. The Morgan fingerprint density at radius 2 is 1.82 bits per heavy atom. The number of anilines is 1. The van der Waals surface area contributed by atoms with Gasteiger partial charge in [0.25, 0.3) is 11.6 Å². The van der Waals surface area contributed by atoms with Gasteiger partial charge in [-0.15, -0.1) is 11.8 Å². The number of rotatable bonds is 8. The summed E-state index contributed by atoms with van der Waals surface area (Å²) in [6.07, 6.45) is -1.12. The number of hydrogen-bond donors (Lipinski definition) is 1. The van der Waals surface area contributed by atoms with E-state index in [1.54, 1.807) is 6.92 Å². The van der Waals surface area contributed by atoms with Gasteiger partial charge in [-0.25, -0.2) is 0 Å². The lowest BCUT2D eigenvalue weighted by atomic mass is 10.2. The molecule has 0 aliphatic carbocycles. The highest BCUT2D eigenvalue weighted by Crippen LogP contribution is 2.29. The Labute approximate surface area is 166 Å². The summed E-state index contributed by atoms with van der Waals surface area (Å²) in [7, 11) is 1.38. The van der Waals surface area contributed by atoms with E-state index >= 15 is 0 Å². The smallest absolute Gasteiger partial charge is 0.319 e. The van der Waals surface area contributed by atoms with Crippen molar-refractivity contribution in [3.05, 3.63) is 58.6 Å². The van der Waals surface area contributed by atoms with Crippen molar-refractivity contribution in [1.82, 2.24) is 0 Å². The fourth-order valence-corrected chi connectivity index (χ4v) is 3.08. The minimum Gasteiger partial charge on any atom is -0.496 e. The summed E-state index contributed by atoms with van der Waals surface area (Å²) >= 11 is 1.31. The van der Waals surface area contributed by atoms with E-state index in [0.717, 1.165) is 4.90 Å². The van der Waals surface area contributed by atoms with Crippen LogP contribution in [-0.2, 0) is 14.3 Å². The number of nitro benzene ring substituents is 1. The van der Waals surface area contributed by atoms with E-state index in [4.69, 9.17) is 9.47 Å². The quantitative estimate of drug-likeness (QED) is 0.310. The van der Waals surface area contributed by atoms with Crippen molar-refractivity contribution in [3.63, 3.8) is 0 Å². The first kappa shape index (κ1) is 21.2. The number of benzene rings is 2. The molecule has 148 valence electrons. The van der Waals surface area contributed by atoms with Crippen molar-refractivity contribution in [1.29, 1.82) is 0 Å². The number of ether oxygens (including phenoxy) is 2. The van der Waals surface area contributed by atoms with Gasteiger partial charge in [0, 0.05) is 4.90 Å². The predicted molar refractivity (Wildman–Crippen MR) is 106 cm³/mol. The molecule has 0 bridgehead atoms. The zero-order chi connectivity index (χ0) is 20.7. The first-order valence-corrected chi connectivity index (χ1v) is 9.25. The Bertz CT molecular complexity index is 859. The first-order chi connectivity index (χ1) is 13.3. The second-order valence-corrected chi connectivity index (χ2v) is 7.20. The SMILES string of the molecule is COc1ccc(NC(=O)[C@H](C)OC(=O)[C@H](C)Sc2ccccc2)c([N+](=O)[O-])c1. The highest BCUT2D eigenvalue weighted by Gasteiger charge is 2.25. The zero-order valence-electron chi connectivity index (χ0n) is 15.6. The first-order valence-electron chi connectivity index (χ1n) is 8.37. The molecule has 0 aliphatic rings. The number of nitro groups is 1. The van der Waals surface area contributed by atoms with Crippen LogP contribution in [0.15, 0.2) is 53.4 Å². The second-order valence-electron chi connectivity index (χ2n) is 5.78. The van der Waals surface area contributed by atoms with Crippen LogP contribution in [0.4, 0.5) is 11.4 Å². The van der Waals surface area contributed by atoms with Gasteiger partial charge in [-0.2, -0.15) is 0 Å². The van der Waals surface area contributed by atoms with Gasteiger partial charge in [0.05, 0.1) is 18.1 Å². The molecule has 0 saturated heterocycles. The normalized spacial score (nSPS) is 12.5. The van der Waals surface area contributed by atoms with Crippen molar-refractivity contribution in [3.8, 4) is 5.75 Å². The molecule has 0 spiro atoms. The van der Waals surface area contributed by atoms with Crippen LogP contribution in [0.5, 0.6) is 5.75 Å². The number of nitrogens with zero attached hydrogens (tertiary/aromatic N) is 1. The summed E-state index contributed by atoms with van der Waals surface area (Å²) in [6.45, 7) is 3.08. The molecule has 0 radical (unpaired) electrons. The Hall–Kier alpha value is -3.07. The molecule has 2 rings (SSSR count). The van der Waals surface area contributed by atoms with Crippen LogP contribution in [-0.4, -0.2) is 35.3 Å². The van der Waals surface area contributed by atoms with E-state index in [1.807, 2.05) is 30.3 Å². The highest BCUT2D eigenvalue weighted by molar-refractivity contribution is 8.00. The monoisotopic (exact) mass is 404 g/mol. The van der Waals surface area contributed by atoms with Crippen LogP contribution in [0, 0.1) is 10.1 Å². The van der Waals surface area contributed by atoms with E-state index in [1.165, 1.54) is 44.0 Å². The fourth-order valence-electron chi connectivity index (χ4n) is 2.20. The van der Waals surface area contributed by atoms with Crippen LogP contribution < -0.4 is 10.1 Å². The molecule has 0 fully saturated rings. The van der Waals surface area contributed by atoms with Crippen LogP contribution in [0.3, 0.4) is 0 Å². The molecule has 0 aromatic heterocycles. The number of esters is 1. The number of carbonyl (C=O) groups excluding carboxylic acids is 2. The number of hydrogen-bond acceptors (Lipinski definition) is 7. The summed E-state index contributed by atoms with van der Waals surface area (Å²) in [5.74, 6) is -0.935. The zero-order valence-corrected chi connectivity index (χ0v) is 16.4. The van der Waals surface area contributed by atoms with Gasteiger partial charge in [-0.05, 0) is 38.1 Å². The van der Waals surface area contributed by atoms with Gasteiger partial charge in [0.2, 0.25) is 0 Å². The summed E-state index contributed by atoms with van der Waals surface area (Å²) in [5, 5.41) is 13.1. The fraction of sp³-hybridized carbons (Fsp3) is 0.263. The maximum atomic E-state index is 12.3. The number of nitrogens with one attached hydrogen (secondary N) is 1. The number of amides is 1. The van der Waals surface area contributed by atoms with Gasteiger partial charge in [-0.1, -0.05) is 18.2 Å². The van der Waals surface area contributed by atoms with Crippen LogP contribution >= 0.6 is 11.8 Å². The van der Waals surface area contributed by atoms with Crippen molar-refractivity contribution in [2.24, 2.45) is 0 Å². The third-order valence-electron chi connectivity index (χ3n) is 3.71. The average molecular weight is 404 g/mol. The summed E-state index contributed by atoms with van der Waals surface area (Å²) < 4.78 is 10.1. The molecule has 2 aromatic rings. The standard InChI is InChI=1S/C19H20N2O6S/c1-12(27-19(23)13(2)28-15-7-5-4-6-8-15)18(22)20-16-10-9-14(26-3)11-17(16)21(24)25/h4-13H,1-3H3,(H,20,22)/t12-,13-/m0/s1. The van der Waals surface area contributed by atoms with Crippen LogP contribution in [0.2, 0.25) is 0 Å². The predicted octanol–water partition coefficient (Wildman–Crippen LogP) is 3.65. The van der Waals surface area contributed by atoms with Gasteiger partial charge in [-0.3, -0.25) is 19.7 Å². The molecule has 28 heavy (non-hydrogen) atoms. The molecule has 0 aliphatic heterocycles. The van der Waals surface area contributed by atoms with Gasteiger partial charge < -0.3 is 14.8 Å². The molecular weight excluding hydrogens is 384 g/mol. The summed E-state index contributed by atoms with van der Waals surface area (Å²) in [5.41, 5.74) is -0.329. The minimum absolute atomic E-state index is 0.00888. The third kappa shape index (κ3) is 5.71. The highest BCUT2D eigenvalue weighted by atomic mass is 32.2. The topological polar surface area (TPSA) is 108 Å². The van der Waals surface area contributed by atoms with Crippen molar-refractivity contribution in [2.75, 3.05) is 12.4 Å². The van der Waals surface area contributed by atoms with Crippen molar-refractivity contribution < 1.29 is 24.0 Å². The molecule has 9 heteroatoms. The Kier molecular flexibility index (Phi) is 7.39. The molecule has 0 heterocycles. The molecular formula is C19H20N2O6S. The molecule has 1 amide bonds.